The third kappa shape index (κ3) is 1.88. The molecule has 1 aliphatic heterocycles. The normalized spacial score (nSPS) is 20.2. The highest BCUT2D eigenvalue weighted by Crippen LogP contribution is 2.03. The third-order valence-corrected chi connectivity index (χ3v) is 1.14. The summed E-state index contributed by atoms with van der Waals surface area (Å²) in [4.78, 5) is 12.8. The van der Waals surface area contributed by atoms with Crippen LogP contribution in [0.25, 0.3) is 0 Å². The zero-order chi connectivity index (χ0) is 8.10. The first kappa shape index (κ1) is 7.44. The summed E-state index contributed by atoms with van der Waals surface area (Å²) in [5.74, 6) is -0.138. The van der Waals surface area contributed by atoms with Crippen LogP contribution in [0, 0.1) is 5.41 Å². The molecule has 1 atom stereocenters. The Balaban J connectivity index is 2.62. The SMILES string of the molecule is N=C(N=C=O)C1C=CC=CO1. The average molecular weight is 150 g/mol. The van der Waals surface area contributed by atoms with Gasteiger partial charge in [-0.2, -0.15) is 0 Å². The van der Waals surface area contributed by atoms with Crippen molar-refractivity contribution in [3.05, 3.63) is 24.5 Å². The number of allylic oxidation sites excluding steroid dienone is 2. The maximum atomic E-state index is 9.73. The Labute approximate surface area is 63.4 Å². The van der Waals surface area contributed by atoms with E-state index in [0.717, 1.165) is 0 Å². The molecule has 4 heteroatoms. The van der Waals surface area contributed by atoms with E-state index in [9.17, 15) is 4.79 Å². The molecule has 1 heterocycles. The Kier molecular flexibility index (Phi) is 2.36. The molecule has 0 saturated heterocycles. The fraction of sp³-hybridized carbons (Fsp3) is 0.143. The van der Waals surface area contributed by atoms with Gasteiger partial charge in [0, 0.05) is 0 Å². The van der Waals surface area contributed by atoms with Crippen LogP contribution in [0.2, 0.25) is 0 Å². The van der Waals surface area contributed by atoms with Crippen LogP contribution in [0.4, 0.5) is 0 Å². The summed E-state index contributed by atoms with van der Waals surface area (Å²) >= 11 is 0. The molecule has 1 unspecified atom stereocenters. The van der Waals surface area contributed by atoms with Crippen LogP contribution < -0.4 is 0 Å². The van der Waals surface area contributed by atoms with Crippen LogP contribution in [0.5, 0.6) is 0 Å². The lowest BCUT2D eigenvalue weighted by molar-refractivity contribution is 0.237. The third-order valence-electron chi connectivity index (χ3n) is 1.14. The van der Waals surface area contributed by atoms with Crippen molar-refractivity contribution in [3.63, 3.8) is 0 Å². The molecular weight excluding hydrogens is 144 g/mol. The number of carbonyl (C=O) groups excluding carboxylic acids is 1. The fourth-order valence-electron chi connectivity index (χ4n) is 0.654. The number of amidine groups is 1. The van der Waals surface area contributed by atoms with Gasteiger partial charge in [-0.1, -0.05) is 6.08 Å². The van der Waals surface area contributed by atoms with E-state index in [-0.39, 0.29) is 5.84 Å². The van der Waals surface area contributed by atoms with Gasteiger partial charge in [-0.15, -0.1) is 4.99 Å². The number of ether oxygens (including phenoxy) is 1. The lowest BCUT2D eigenvalue weighted by atomic mass is 10.2. The summed E-state index contributed by atoms with van der Waals surface area (Å²) in [6, 6.07) is 0. The zero-order valence-corrected chi connectivity index (χ0v) is 5.65. The maximum Gasteiger partial charge on any atom is 0.241 e. The topological polar surface area (TPSA) is 62.5 Å². The molecule has 1 N–H and O–H groups in total. The van der Waals surface area contributed by atoms with Gasteiger partial charge in [-0.3, -0.25) is 5.41 Å². The van der Waals surface area contributed by atoms with Crippen LogP contribution in [0.15, 0.2) is 29.5 Å². The van der Waals surface area contributed by atoms with Crippen LogP contribution in [0.3, 0.4) is 0 Å². The first-order valence-electron chi connectivity index (χ1n) is 2.99. The highest BCUT2D eigenvalue weighted by atomic mass is 16.5. The van der Waals surface area contributed by atoms with Crippen LogP contribution in [-0.4, -0.2) is 18.0 Å². The largest absolute Gasteiger partial charge is 0.486 e. The number of isocyanates is 1. The summed E-state index contributed by atoms with van der Waals surface area (Å²) in [6.07, 6.45) is 7.22. The van der Waals surface area contributed by atoms with E-state index < -0.39 is 6.10 Å². The molecule has 0 aromatic heterocycles. The second-order valence-corrected chi connectivity index (χ2v) is 1.86. The minimum atomic E-state index is -0.540. The van der Waals surface area contributed by atoms with E-state index in [1.807, 2.05) is 0 Å². The summed E-state index contributed by atoms with van der Waals surface area (Å²) in [6.45, 7) is 0. The molecule has 1 rings (SSSR count). The van der Waals surface area contributed by atoms with Gasteiger partial charge in [0.15, 0.2) is 11.9 Å². The highest BCUT2D eigenvalue weighted by molar-refractivity contribution is 5.89. The summed E-state index contributed by atoms with van der Waals surface area (Å²) in [7, 11) is 0. The van der Waals surface area contributed by atoms with Crippen molar-refractivity contribution in [3.8, 4) is 0 Å². The molecule has 11 heavy (non-hydrogen) atoms. The van der Waals surface area contributed by atoms with Crippen LogP contribution in [-0.2, 0) is 9.53 Å². The molecule has 0 aromatic carbocycles. The van der Waals surface area contributed by atoms with Crippen LogP contribution >= 0.6 is 0 Å². The monoisotopic (exact) mass is 150 g/mol. The lowest BCUT2D eigenvalue weighted by Gasteiger charge is -2.11. The molecule has 0 fully saturated rings. The first-order valence-corrected chi connectivity index (χ1v) is 2.99. The fourth-order valence-corrected chi connectivity index (χ4v) is 0.654. The molecule has 1 aliphatic rings. The van der Waals surface area contributed by atoms with Gasteiger partial charge in [0.05, 0.1) is 6.26 Å². The van der Waals surface area contributed by atoms with Gasteiger partial charge in [0.1, 0.15) is 0 Å². The first-order chi connectivity index (χ1) is 5.34. The number of nitrogens with one attached hydrogen (secondary N) is 1. The van der Waals surface area contributed by atoms with Gasteiger partial charge >= 0.3 is 0 Å². The zero-order valence-electron chi connectivity index (χ0n) is 5.65. The van der Waals surface area contributed by atoms with Crippen molar-refractivity contribution in [2.24, 2.45) is 4.99 Å². The van der Waals surface area contributed by atoms with E-state index in [1.54, 1.807) is 18.2 Å². The summed E-state index contributed by atoms with van der Waals surface area (Å²) in [5.41, 5.74) is 0. The smallest absolute Gasteiger partial charge is 0.241 e. The van der Waals surface area contributed by atoms with E-state index in [0.29, 0.717) is 0 Å². The molecule has 0 radical (unpaired) electrons. The van der Waals surface area contributed by atoms with Gasteiger partial charge in [0.25, 0.3) is 0 Å². The predicted molar refractivity (Wildman–Crippen MR) is 39.0 cm³/mol. The minimum Gasteiger partial charge on any atom is -0.486 e. The van der Waals surface area contributed by atoms with Gasteiger partial charge in [-0.05, 0) is 12.2 Å². The molecule has 0 amide bonds. The van der Waals surface area contributed by atoms with Gasteiger partial charge in [0.2, 0.25) is 6.08 Å². The minimum absolute atomic E-state index is 0.138. The molecule has 4 nitrogen and oxygen atoms in total. The Bertz CT molecular complexity index is 262. The standard InChI is InChI=1S/C7H6N2O2/c8-7(9-5-10)6-3-1-2-4-11-6/h1-4,6,8H. The quantitative estimate of drug-likeness (QED) is 0.341. The lowest BCUT2D eigenvalue weighted by Crippen LogP contribution is -2.18. The Morgan fingerprint density at radius 1 is 1.64 bits per heavy atom. The maximum absolute atomic E-state index is 9.73. The molecule has 0 bridgehead atoms. The molecule has 56 valence electrons. The van der Waals surface area contributed by atoms with E-state index >= 15 is 0 Å². The van der Waals surface area contributed by atoms with Crippen molar-refractivity contribution < 1.29 is 9.53 Å². The second-order valence-electron chi connectivity index (χ2n) is 1.86. The van der Waals surface area contributed by atoms with Crippen molar-refractivity contribution in [1.82, 2.24) is 0 Å². The molecule has 0 saturated carbocycles. The molecule has 0 spiro atoms. The number of rotatable bonds is 1. The Morgan fingerprint density at radius 3 is 3.00 bits per heavy atom. The van der Waals surface area contributed by atoms with Crippen molar-refractivity contribution in [2.45, 2.75) is 6.10 Å². The Morgan fingerprint density at radius 2 is 2.45 bits per heavy atom. The number of hydrogen-bond donors (Lipinski definition) is 1. The van der Waals surface area contributed by atoms with E-state index in [2.05, 4.69) is 4.99 Å². The molecule has 0 aromatic rings. The number of nitrogens with zero attached hydrogens (tertiary/aromatic N) is 1. The summed E-state index contributed by atoms with van der Waals surface area (Å²) < 4.78 is 4.93. The van der Waals surface area contributed by atoms with Gasteiger partial charge < -0.3 is 4.74 Å². The number of hydrogen-bond acceptors (Lipinski definition) is 3. The summed E-state index contributed by atoms with van der Waals surface area (Å²) in [5, 5.41) is 7.14. The molecular formula is C7H6N2O2. The van der Waals surface area contributed by atoms with Crippen molar-refractivity contribution in [2.75, 3.05) is 0 Å². The highest BCUT2D eigenvalue weighted by Gasteiger charge is 2.11. The van der Waals surface area contributed by atoms with Crippen molar-refractivity contribution in [1.29, 1.82) is 5.41 Å². The Hall–Kier alpha value is -1.67. The molecule has 0 aliphatic carbocycles. The van der Waals surface area contributed by atoms with Crippen molar-refractivity contribution >= 4 is 11.9 Å². The second kappa shape index (κ2) is 3.49. The average Bonchev–Trinajstić information content (AvgIpc) is 2.07. The van der Waals surface area contributed by atoms with Gasteiger partial charge in [-0.25, -0.2) is 4.79 Å². The van der Waals surface area contributed by atoms with Crippen LogP contribution in [0.1, 0.15) is 0 Å². The number of aliphatic imine (C=N–C) groups is 1. The predicted octanol–water partition coefficient (Wildman–Crippen LogP) is 0.768. The van der Waals surface area contributed by atoms with E-state index in [4.69, 9.17) is 10.1 Å². The van der Waals surface area contributed by atoms with E-state index in [1.165, 1.54) is 12.3 Å².